The van der Waals surface area contributed by atoms with Gasteiger partial charge in [-0.15, -0.1) is 0 Å². The standard InChI is InChI=1S/C18H27N3O3S/c1-12-5-6-16-15(7-12)13(2)17(19-16)9-21-8-14(18(22)10-21)11-25(23,24)20(3)4/h5-7,14,18-19,22H,8-11H2,1-4H3/t14-,18+/m0/s1. The summed E-state index contributed by atoms with van der Waals surface area (Å²) in [5, 5.41) is 11.5. The van der Waals surface area contributed by atoms with E-state index in [2.05, 4.69) is 41.9 Å². The molecule has 2 heterocycles. The van der Waals surface area contributed by atoms with E-state index in [1.165, 1.54) is 34.9 Å². The fourth-order valence-corrected chi connectivity index (χ4v) is 4.70. The number of sulfonamides is 1. The maximum Gasteiger partial charge on any atom is 0.214 e. The van der Waals surface area contributed by atoms with Crippen LogP contribution in [0.4, 0.5) is 0 Å². The Morgan fingerprint density at radius 3 is 2.68 bits per heavy atom. The highest BCUT2D eigenvalue weighted by Gasteiger charge is 2.35. The number of aromatic nitrogens is 1. The molecule has 0 saturated carbocycles. The number of aliphatic hydroxyl groups excluding tert-OH is 1. The van der Waals surface area contributed by atoms with Gasteiger partial charge in [-0.1, -0.05) is 11.6 Å². The number of nitrogens with one attached hydrogen (secondary N) is 1. The first-order valence-electron chi connectivity index (χ1n) is 8.56. The minimum absolute atomic E-state index is 0.0114. The predicted molar refractivity (Wildman–Crippen MR) is 100 cm³/mol. The molecule has 0 amide bonds. The van der Waals surface area contributed by atoms with E-state index in [-0.39, 0.29) is 11.7 Å². The second-order valence-electron chi connectivity index (χ2n) is 7.36. The lowest BCUT2D eigenvalue weighted by Gasteiger charge is -2.18. The minimum Gasteiger partial charge on any atom is -0.391 e. The normalized spacial score (nSPS) is 22.3. The van der Waals surface area contributed by atoms with Crippen molar-refractivity contribution in [3.8, 4) is 0 Å². The van der Waals surface area contributed by atoms with Gasteiger partial charge in [0, 0.05) is 56.2 Å². The molecule has 0 bridgehead atoms. The monoisotopic (exact) mass is 365 g/mol. The molecule has 2 N–H and O–H groups in total. The number of hydrogen-bond acceptors (Lipinski definition) is 4. The van der Waals surface area contributed by atoms with Crippen LogP contribution < -0.4 is 0 Å². The summed E-state index contributed by atoms with van der Waals surface area (Å²) in [5.74, 6) is -0.262. The summed E-state index contributed by atoms with van der Waals surface area (Å²) in [6, 6.07) is 6.35. The first-order chi connectivity index (χ1) is 11.7. The molecule has 3 rings (SSSR count). The molecule has 1 aliphatic rings. The van der Waals surface area contributed by atoms with Crippen LogP contribution in [0.2, 0.25) is 0 Å². The van der Waals surface area contributed by atoms with Gasteiger partial charge in [0.25, 0.3) is 0 Å². The lowest BCUT2D eigenvalue weighted by molar-refractivity contribution is 0.148. The van der Waals surface area contributed by atoms with Crippen LogP contribution in [0.1, 0.15) is 16.8 Å². The molecular weight excluding hydrogens is 338 g/mol. The molecule has 1 aromatic heterocycles. The molecule has 0 aliphatic carbocycles. The van der Waals surface area contributed by atoms with E-state index in [1.807, 2.05) is 0 Å². The van der Waals surface area contributed by atoms with E-state index in [4.69, 9.17) is 0 Å². The van der Waals surface area contributed by atoms with Gasteiger partial charge >= 0.3 is 0 Å². The van der Waals surface area contributed by atoms with Gasteiger partial charge in [-0.2, -0.15) is 0 Å². The number of H-pyrrole nitrogens is 1. The number of aryl methyl sites for hydroxylation is 2. The summed E-state index contributed by atoms with van der Waals surface area (Å²) in [7, 11) is -0.241. The van der Waals surface area contributed by atoms with Gasteiger partial charge < -0.3 is 10.1 Å². The molecule has 0 spiro atoms. The van der Waals surface area contributed by atoms with Crippen molar-refractivity contribution in [3.63, 3.8) is 0 Å². The van der Waals surface area contributed by atoms with Crippen LogP contribution in [-0.4, -0.2) is 66.8 Å². The van der Waals surface area contributed by atoms with Crippen LogP contribution >= 0.6 is 0 Å². The van der Waals surface area contributed by atoms with Crippen molar-refractivity contribution in [2.45, 2.75) is 26.5 Å². The molecule has 1 fully saturated rings. The van der Waals surface area contributed by atoms with Gasteiger partial charge in [-0.3, -0.25) is 4.90 Å². The number of aromatic amines is 1. The van der Waals surface area contributed by atoms with Gasteiger partial charge in [-0.05, 0) is 31.5 Å². The molecule has 138 valence electrons. The summed E-state index contributed by atoms with van der Waals surface area (Å²) in [4.78, 5) is 5.59. The van der Waals surface area contributed by atoms with Crippen molar-refractivity contribution in [1.82, 2.24) is 14.2 Å². The molecule has 25 heavy (non-hydrogen) atoms. The molecule has 1 aromatic carbocycles. The number of hydrogen-bond donors (Lipinski definition) is 2. The van der Waals surface area contributed by atoms with Crippen LogP contribution in [0.3, 0.4) is 0 Å². The maximum absolute atomic E-state index is 12.1. The molecule has 0 unspecified atom stereocenters. The summed E-state index contributed by atoms with van der Waals surface area (Å²) >= 11 is 0. The van der Waals surface area contributed by atoms with Crippen molar-refractivity contribution in [2.24, 2.45) is 5.92 Å². The Balaban J connectivity index is 1.74. The number of rotatable bonds is 5. The highest BCUT2D eigenvalue weighted by molar-refractivity contribution is 7.89. The van der Waals surface area contributed by atoms with E-state index in [9.17, 15) is 13.5 Å². The first kappa shape index (κ1) is 18.4. The number of aliphatic hydroxyl groups is 1. The highest BCUT2D eigenvalue weighted by Crippen LogP contribution is 2.26. The average Bonchev–Trinajstić information content (AvgIpc) is 3.00. The van der Waals surface area contributed by atoms with Crippen LogP contribution in [0.5, 0.6) is 0 Å². The number of β-amino-alcohol motifs (C(OH)–C–C–N with tert-alkyl or cyclic N) is 1. The van der Waals surface area contributed by atoms with Crippen LogP contribution in [0, 0.1) is 19.8 Å². The largest absolute Gasteiger partial charge is 0.391 e. The van der Waals surface area contributed by atoms with Crippen LogP contribution in [0.25, 0.3) is 10.9 Å². The van der Waals surface area contributed by atoms with Crippen molar-refractivity contribution >= 4 is 20.9 Å². The van der Waals surface area contributed by atoms with E-state index in [0.717, 1.165) is 11.2 Å². The lowest BCUT2D eigenvalue weighted by Crippen LogP contribution is -2.33. The quantitative estimate of drug-likeness (QED) is 0.841. The van der Waals surface area contributed by atoms with Gasteiger partial charge in [0.05, 0.1) is 11.9 Å². The Labute approximate surface area is 149 Å². The third-order valence-corrected chi connectivity index (χ3v) is 7.12. The SMILES string of the molecule is Cc1ccc2[nH]c(CN3C[C@@H](CS(=O)(=O)N(C)C)[C@H](O)C3)c(C)c2c1. The highest BCUT2D eigenvalue weighted by atomic mass is 32.2. The summed E-state index contributed by atoms with van der Waals surface area (Å²) < 4.78 is 25.4. The Morgan fingerprint density at radius 2 is 2.00 bits per heavy atom. The van der Waals surface area contributed by atoms with Crippen LogP contribution in [-0.2, 0) is 16.6 Å². The molecule has 2 atom stereocenters. The molecule has 0 radical (unpaired) electrons. The van der Waals surface area contributed by atoms with Gasteiger partial charge in [0.15, 0.2) is 0 Å². The Morgan fingerprint density at radius 1 is 1.28 bits per heavy atom. The summed E-state index contributed by atoms with van der Waals surface area (Å²) in [5.41, 5.74) is 4.69. The fourth-order valence-electron chi connectivity index (χ4n) is 3.53. The third-order valence-electron chi connectivity index (χ3n) is 5.16. The van der Waals surface area contributed by atoms with Crippen molar-refractivity contribution in [2.75, 3.05) is 32.9 Å². The number of benzene rings is 1. The molecule has 2 aromatic rings. The number of likely N-dealkylation sites (tertiary alicyclic amines) is 1. The Bertz CT molecular complexity index is 873. The number of nitrogens with zero attached hydrogens (tertiary/aromatic N) is 2. The molecule has 1 saturated heterocycles. The topological polar surface area (TPSA) is 76.6 Å². The summed E-state index contributed by atoms with van der Waals surface area (Å²) in [6.07, 6.45) is -0.610. The average molecular weight is 365 g/mol. The summed E-state index contributed by atoms with van der Waals surface area (Å²) in [6.45, 7) is 5.96. The van der Waals surface area contributed by atoms with Gasteiger partial charge in [0.1, 0.15) is 0 Å². The molecular formula is C18H27N3O3S. The minimum atomic E-state index is -3.31. The van der Waals surface area contributed by atoms with E-state index in [0.29, 0.717) is 19.6 Å². The number of fused-ring (bicyclic) bond motifs is 1. The maximum atomic E-state index is 12.1. The van der Waals surface area contributed by atoms with E-state index < -0.39 is 16.1 Å². The smallest absolute Gasteiger partial charge is 0.214 e. The van der Waals surface area contributed by atoms with Gasteiger partial charge in [0.2, 0.25) is 10.0 Å². The van der Waals surface area contributed by atoms with Crippen molar-refractivity contribution < 1.29 is 13.5 Å². The second kappa shape index (κ2) is 6.72. The van der Waals surface area contributed by atoms with Crippen LogP contribution in [0.15, 0.2) is 18.2 Å². The molecule has 7 heteroatoms. The first-order valence-corrected chi connectivity index (χ1v) is 10.2. The van der Waals surface area contributed by atoms with Gasteiger partial charge in [-0.25, -0.2) is 12.7 Å². The second-order valence-corrected chi connectivity index (χ2v) is 9.59. The molecule has 1 aliphatic heterocycles. The van der Waals surface area contributed by atoms with E-state index in [1.54, 1.807) is 0 Å². The lowest BCUT2D eigenvalue weighted by atomic mass is 10.1. The zero-order valence-electron chi connectivity index (χ0n) is 15.3. The van der Waals surface area contributed by atoms with Crippen molar-refractivity contribution in [1.29, 1.82) is 0 Å². The van der Waals surface area contributed by atoms with E-state index >= 15 is 0 Å². The fraction of sp³-hybridized carbons (Fsp3) is 0.556. The Hall–Kier alpha value is -1.41. The predicted octanol–water partition coefficient (Wildman–Crippen LogP) is 1.47. The Kier molecular flexibility index (Phi) is 4.94. The van der Waals surface area contributed by atoms with Crippen molar-refractivity contribution in [3.05, 3.63) is 35.0 Å². The zero-order chi connectivity index (χ0) is 18.4. The molecule has 6 nitrogen and oxygen atoms in total. The zero-order valence-corrected chi connectivity index (χ0v) is 16.1. The third kappa shape index (κ3) is 3.74.